The Balaban J connectivity index is 2.04. The maximum Gasteiger partial charge on any atom is 0.398 e. The first kappa shape index (κ1) is 20.0. The molecule has 1 amide bonds. The number of anilines is 2. The molecule has 2 aromatic heterocycles. The summed E-state index contributed by atoms with van der Waals surface area (Å²) >= 11 is 0.637. The van der Waals surface area contributed by atoms with Crippen molar-refractivity contribution in [3.63, 3.8) is 0 Å². The topological polar surface area (TPSA) is 79.8 Å². The standard InChI is InChI=1S/C16H18F3N5OS/c1-3-12(25)24-15-14(20-6-7-21-15)23-10(2)11-4-5-13(22-8-11)26-9-16(17,18)19/h4-8,10H,3,9H2,1-2H3,(H,20,23)(H,21,24,25). The fraction of sp³-hybridized carbons (Fsp3) is 0.375. The van der Waals surface area contributed by atoms with Crippen molar-refractivity contribution in [1.29, 1.82) is 0 Å². The summed E-state index contributed by atoms with van der Waals surface area (Å²) in [6.45, 7) is 3.57. The highest BCUT2D eigenvalue weighted by atomic mass is 32.2. The lowest BCUT2D eigenvalue weighted by molar-refractivity contribution is -0.116. The van der Waals surface area contributed by atoms with Gasteiger partial charge in [-0.05, 0) is 18.6 Å². The van der Waals surface area contributed by atoms with Crippen LogP contribution in [-0.2, 0) is 4.79 Å². The Hall–Kier alpha value is -2.36. The molecule has 1 unspecified atom stereocenters. The normalized spacial score (nSPS) is 12.5. The summed E-state index contributed by atoms with van der Waals surface area (Å²) < 4.78 is 36.7. The molecule has 0 spiro atoms. The zero-order valence-corrected chi connectivity index (χ0v) is 15.0. The molecule has 0 aliphatic rings. The van der Waals surface area contributed by atoms with Crippen LogP contribution in [0.5, 0.6) is 0 Å². The number of carbonyl (C=O) groups excluding carboxylic acids is 1. The Bertz CT molecular complexity index is 739. The van der Waals surface area contributed by atoms with Gasteiger partial charge in [-0.2, -0.15) is 13.2 Å². The quantitative estimate of drug-likeness (QED) is 0.700. The molecule has 0 saturated carbocycles. The molecular formula is C16H18F3N5OS. The van der Waals surface area contributed by atoms with E-state index in [9.17, 15) is 18.0 Å². The van der Waals surface area contributed by atoms with Crippen molar-refractivity contribution in [1.82, 2.24) is 15.0 Å². The highest BCUT2D eigenvalue weighted by Crippen LogP contribution is 2.27. The van der Waals surface area contributed by atoms with Gasteiger partial charge in [-0.3, -0.25) is 4.79 Å². The molecule has 2 heterocycles. The highest BCUT2D eigenvalue weighted by Gasteiger charge is 2.27. The van der Waals surface area contributed by atoms with Crippen molar-refractivity contribution in [3.8, 4) is 0 Å². The van der Waals surface area contributed by atoms with Crippen molar-refractivity contribution in [2.75, 3.05) is 16.4 Å². The lowest BCUT2D eigenvalue weighted by Crippen LogP contribution is -2.16. The Morgan fingerprint density at radius 3 is 2.46 bits per heavy atom. The molecule has 0 bridgehead atoms. The monoisotopic (exact) mass is 385 g/mol. The van der Waals surface area contributed by atoms with E-state index in [0.29, 0.717) is 34.8 Å². The average molecular weight is 385 g/mol. The van der Waals surface area contributed by atoms with E-state index in [1.54, 1.807) is 19.1 Å². The van der Waals surface area contributed by atoms with E-state index in [0.717, 1.165) is 5.56 Å². The van der Waals surface area contributed by atoms with E-state index in [4.69, 9.17) is 0 Å². The van der Waals surface area contributed by atoms with E-state index < -0.39 is 11.9 Å². The predicted molar refractivity (Wildman–Crippen MR) is 94.0 cm³/mol. The van der Waals surface area contributed by atoms with Gasteiger partial charge in [-0.1, -0.05) is 24.8 Å². The average Bonchev–Trinajstić information content (AvgIpc) is 2.61. The van der Waals surface area contributed by atoms with Crippen LogP contribution in [0.2, 0.25) is 0 Å². The molecule has 26 heavy (non-hydrogen) atoms. The Morgan fingerprint density at radius 1 is 1.19 bits per heavy atom. The third-order valence-electron chi connectivity index (χ3n) is 3.27. The minimum Gasteiger partial charge on any atom is -0.360 e. The zero-order valence-electron chi connectivity index (χ0n) is 14.2. The van der Waals surface area contributed by atoms with Crippen LogP contribution < -0.4 is 10.6 Å². The lowest BCUT2D eigenvalue weighted by Gasteiger charge is -2.17. The van der Waals surface area contributed by atoms with Gasteiger partial charge in [0.2, 0.25) is 5.91 Å². The van der Waals surface area contributed by atoms with E-state index in [2.05, 4.69) is 25.6 Å². The minimum atomic E-state index is -4.23. The maximum absolute atomic E-state index is 12.2. The molecule has 2 rings (SSSR count). The molecule has 0 aliphatic heterocycles. The second-order valence-electron chi connectivity index (χ2n) is 5.35. The molecule has 140 valence electrons. The first-order valence-electron chi connectivity index (χ1n) is 7.81. The van der Waals surface area contributed by atoms with Crippen molar-refractivity contribution in [3.05, 3.63) is 36.3 Å². The molecule has 0 saturated heterocycles. The fourth-order valence-corrected chi connectivity index (χ4v) is 2.54. The summed E-state index contributed by atoms with van der Waals surface area (Å²) in [4.78, 5) is 23.9. The molecule has 0 aromatic carbocycles. The lowest BCUT2D eigenvalue weighted by atomic mass is 10.1. The minimum absolute atomic E-state index is 0.186. The summed E-state index contributed by atoms with van der Waals surface area (Å²) in [6.07, 6.45) is 0.551. The zero-order chi connectivity index (χ0) is 19.2. The second kappa shape index (κ2) is 8.84. The predicted octanol–water partition coefficient (Wildman–Crippen LogP) is 4.05. The van der Waals surface area contributed by atoms with E-state index >= 15 is 0 Å². The summed E-state index contributed by atoms with van der Waals surface area (Å²) in [5.74, 6) is -0.449. The number of amides is 1. The van der Waals surface area contributed by atoms with Gasteiger partial charge in [0.15, 0.2) is 11.6 Å². The Labute approximate surface area is 153 Å². The first-order chi connectivity index (χ1) is 12.3. The van der Waals surface area contributed by atoms with Crippen molar-refractivity contribution in [2.45, 2.75) is 37.5 Å². The van der Waals surface area contributed by atoms with Gasteiger partial charge in [0, 0.05) is 25.0 Å². The molecular weight excluding hydrogens is 367 g/mol. The van der Waals surface area contributed by atoms with Gasteiger partial charge >= 0.3 is 6.18 Å². The highest BCUT2D eigenvalue weighted by molar-refractivity contribution is 7.99. The molecule has 10 heteroatoms. The SMILES string of the molecule is CCC(=O)Nc1nccnc1NC(C)c1ccc(SCC(F)(F)F)nc1. The number of rotatable bonds is 7. The number of carbonyl (C=O) groups is 1. The Morgan fingerprint density at radius 2 is 1.88 bits per heavy atom. The van der Waals surface area contributed by atoms with Gasteiger partial charge in [-0.15, -0.1) is 0 Å². The third kappa shape index (κ3) is 6.17. The smallest absolute Gasteiger partial charge is 0.360 e. The van der Waals surface area contributed by atoms with Crippen molar-refractivity contribution >= 4 is 29.3 Å². The van der Waals surface area contributed by atoms with Crippen LogP contribution >= 0.6 is 11.8 Å². The van der Waals surface area contributed by atoms with Crippen LogP contribution in [0.15, 0.2) is 35.7 Å². The fourth-order valence-electron chi connectivity index (χ4n) is 1.93. The molecule has 1 atom stereocenters. The summed E-state index contributed by atoms with van der Waals surface area (Å²) in [7, 11) is 0. The number of nitrogens with zero attached hydrogens (tertiary/aromatic N) is 3. The largest absolute Gasteiger partial charge is 0.398 e. The number of hydrogen-bond donors (Lipinski definition) is 2. The number of thioether (sulfide) groups is 1. The van der Waals surface area contributed by atoms with Crippen LogP contribution in [0.4, 0.5) is 24.8 Å². The van der Waals surface area contributed by atoms with E-state index in [-0.39, 0.29) is 11.9 Å². The molecule has 0 fully saturated rings. The second-order valence-corrected chi connectivity index (χ2v) is 6.35. The van der Waals surface area contributed by atoms with Gasteiger partial charge in [0.1, 0.15) is 0 Å². The third-order valence-corrected chi connectivity index (χ3v) is 4.28. The van der Waals surface area contributed by atoms with E-state index in [1.165, 1.54) is 18.6 Å². The maximum atomic E-state index is 12.2. The van der Waals surface area contributed by atoms with Gasteiger partial charge < -0.3 is 10.6 Å². The summed E-state index contributed by atoms with van der Waals surface area (Å²) in [5, 5.41) is 6.07. The number of hydrogen-bond acceptors (Lipinski definition) is 6. The molecule has 2 N–H and O–H groups in total. The Kier molecular flexibility index (Phi) is 6.78. The van der Waals surface area contributed by atoms with Crippen molar-refractivity contribution < 1.29 is 18.0 Å². The summed E-state index contributed by atoms with van der Waals surface area (Å²) in [6, 6.07) is 3.00. The molecule has 0 aliphatic carbocycles. The van der Waals surface area contributed by atoms with Gasteiger partial charge in [0.25, 0.3) is 0 Å². The number of alkyl halides is 3. The number of halogens is 3. The van der Waals surface area contributed by atoms with Crippen LogP contribution in [-0.4, -0.2) is 32.8 Å². The molecule has 6 nitrogen and oxygen atoms in total. The van der Waals surface area contributed by atoms with Gasteiger partial charge in [-0.25, -0.2) is 15.0 Å². The first-order valence-corrected chi connectivity index (χ1v) is 8.80. The van der Waals surface area contributed by atoms with E-state index in [1.807, 2.05) is 6.92 Å². The van der Waals surface area contributed by atoms with Crippen LogP contribution in [0.3, 0.4) is 0 Å². The summed E-state index contributed by atoms with van der Waals surface area (Å²) in [5.41, 5.74) is 0.764. The molecule has 0 radical (unpaired) electrons. The molecule has 2 aromatic rings. The van der Waals surface area contributed by atoms with Crippen molar-refractivity contribution in [2.24, 2.45) is 0 Å². The van der Waals surface area contributed by atoms with Crippen LogP contribution in [0.1, 0.15) is 31.9 Å². The number of pyridine rings is 1. The van der Waals surface area contributed by atoms with Crippen LogP contribution in [0, 0.1) is 0 Å². The van der Waals surface area contributed by atoms with Gasteiger partial charge in [0.05, 0.1) is 16.8 Å². The van der Waals surface area contributed by atoms with Crippen LogP contribution in [0.25, 0.3) is 0 Å². The number of aromatic nitrogens is 3. The number of nitrogens with one attached hydrogen (secondary N) is 2.